The van der Waals surface area contributed by atoms with Gasteiger partial charge in [-0.3, -0.25) is 0 Å². The number of hydrogen-bond donors (Lipinski definition) is 0. The number of rotatable bonds is 3. The third-order valence-electron chi connectivity index (χ3n) is 3.50. The Morgan fingerprint density at radius 1 is 0.704 bits per heavy atom. The van der Waals surface area contributed by atoms with Crippen molar-refractivity contribution in [3.05, 3.63) is 52.6 Å². The van der Waals surface area contributed by atoms with Gasteiger partial charge in [0.15, 0.2) is 23.1 Å². The number of ether oxygens (including phenoxy) is 1. The Labute approximate surface area is 148 Å². The molecule has 0 unspecified atom stereocenters. The zero-order chi connectivity index (χ0) is 20.9. The molecule has 148 valence electrons. The van der Waals surface area contributed by atoms with E-state index < -0.39 is 71.4 Å². The smallest absolute Gasteiger partial charge is 0.422 e. The average molecular weight is 418 g/mol. The lowest BCUT2D eigenvalue weighted by molar-refractivity contribution is -0.142. The van der Waals surface area contributed by atoms with Crippen LogP contribution in [0.5, 0.6) is 11.5 Å². The van der Waals surface area contributed by atoms with E-state index in [0.717, 1.165) is 0 Å². The van der Waals surface area contributed by atoms with Gasteiger partial charge in [-0.05, 0) is 0 Å². The molecule has 0 aliphatic rings. The fourth-order valence-corrected chi connectivity index (χ4v) is 3.92. The first-order chi connectivity index (χ1) is 12.2. The molecule has 0 heterocycles. The van der Waals surface area contributed by atoms with Gasteiger partial charge in [-0.15, -0.1) is 0 Å². The molecule has 0 aromatic heterocycles. The van der Waals surface area contributed by atoms with Crippen molar-refractivity contribution in [3.63, 3.8) is 0 Å². The SMILES string of the molecule is C[Si](C)(C)c1c(F)cc(Oc2cc(F)c(C(F)(F)F)c(F)c2F)c(F)c1F. The van der Waals surface area contributed by atoms with Crippen molar-refractivity contribution >= 4 is 13.3 Å². The van der Waals surface area contributed by atoms with Crippen LogP contribution in [0.2, 0.25) is 19.6 Å². The highest BCUT2D eigenvalue weighted by Gasteiger charge is 2.40. The molecule has 0 saturated heterocycles. The minimum atomic E-state index is -5.55. The van der Waals surface area contributed by atoms with Crippen LogP contribution in [-0.4, -0.2) is 8.07 Å². The van der Waals surface area contributed by atoms with Crippen molar-refractivity contribution in [3.8, 4) is 11.5 Å². The summed E-state index contributed by atoms with van der Waals surface area (Å²) in [6.07, 6.45) is -5.55. The molecule has 0 saturated carbocycles. The van der Waals surface area contributed by atoms with E-state index >= 15 is 0 Å². The van der Waals surface area contributed by atoms with Gasteiger partial charge in [0.25, 0.3) is 0 Å². The predicted octanol–water partition coefficient (Wildman–Crippen LogP) is 5.88. The highest BCUT2D eigenvalue weighted by molar-refractivity contribution is 6.88. The van der Waals surface area contributed by atoms with Crippen LogP contribution in [0.15, 0.2) is 12.1 Å². The van der Waals surface area contributed by atoms with Crippen LogP contribution >= 0.6 is 0 Å². The van der Waals surface area contributed by atoms with Crippen LogP contribution in [0.3, 0.4) is 0 Å². The number of alkyl halides is 3. The second-order valence-electron chi connectivity index (χ2n) is 6.57. The molecule has 0 atom stereocenters. The molecule has 27 heavy (non-hydrogen) atoms. The van der Waals surface area contributed by atoms with Crippen molar-refractivity contribution in [2.75, 3.05) is 0 Å². The van der Waals surface area contributed by atoms with E-state index in [1.807, 2.05) is 0 Å². The van der Waals surface area contributed by atoms with Gasteiger partial charge < -0.3 is 4.74 Å². The summed E-state index contributed by atoms with van der Waals surface area (Å²) in [7, 11) is -2.69. The monoisotopic (exact) mass is 418 g/mol. The van der Waals surface area contributed by atoms with Crippen LogP contribution in [0, 0.1) is 34.9 Å². The van der Waals surface area contributed by atoms with Crippen LogP contribution in [0.25, 0.3) is 0 Å². The second-order valence-corrected chi connectivity index (χ2v) is 11.6. The van der Waals surface area contributed by atoms with Crippen LogP contribution in [0.1, 0.15) is 5.56 Å². The maximum Gasteiger partial charge on any atom is 0.422 e. The topological polar surface area (TPSA) is 9.23 Å². The number of hydrogen-bond acceptors (Lipinski definition) is 1. The van der Waals surface area contributed by atoms with E-state index in [4.69, 9.17) is 0 Å². The van der Waals surface area contributed by atoms with E-state index in [-0.39, 0.29) is 6.07 Å². The molecule has 2 aromatic rings. The molecule has 11 heteroatoms. The standard InChI is InChI=1S/C16H11F9OSi/c1-27(2,3)15-7(18)5-9(12(20)14(15)22)26-8-4-6(17)10(16(23,24)25)13(21)11(8)19/h4-5H,1-3H3. The second kappa shape index (κ2) is 6.77. The zero-order valence-electron chi connectivity index (χ0n) is 14.0. The van der Waals surface area contributed by atoms with E-state index in [1.165, 1.54) is 19.6 Å². The normalized spacial score (nSPS) is 12.4. The molecular weight excluding hydrogens is 407 g/mol. The fraction of sp³-hybridized carbons (Fsp3) is 0.250. The molecule has 0 aliphatic heterocycles. The van der Waals surface area contributed by atoms with E-state index in [1.54, 1.807) is 0 Å². The molecule has 0 aliphatic carbocycles. The van der Waals surface area contributed by atoms with E-state index in [2.05, 4.69) is 4.74 Å². The first-order valence-corrected chi connectivity index (χ1v) is 10.8. The lowest BCUT2D eigenvalue weighted by Crippen LogP contribution is -2.43. The highest BCUT2D eigenvalue weighted by atomic mass is 28.3. The quantitative estimate of drug-likeness (QED) is 0.344. The summed E-state index contributed by atoms with van der Waals surface area (Å²) in [5.41, 5.74) is -2.51. The van der Waals surface area contributed by atoms with Crippen molar-refractivity contribution in [2.24, 2.45) is 0 Å². The van der Waals surface area contributed by atoms with Gasteiger partial charge >= 0.3 is 6.18 Å². The van der Waals surface area contributed by atoms with Gasteiger partial charge in [0.1, 0.15) is 17.2 Å². The molecule has 1 nitrogen and oxygen atoms in total. The van der Waals surface area contributed by atoms with Gasteiger partial charge in [-0.2, -0.15) is 22.0 Å². The molecule has 0 radical (unpaired) electrons. The molecule has 0 fully saturated rings. The molecule has 0 bridgehead atoms. The minimum Gasteiger partial charge on any atom is -0.451 e. The molecule has 0 N–H and O–H groups in total. The lowest BCUT2D eigenvalue weighted by Gasteiger charge is -2.20. The van der Waals surface area contributed by atoms with Gasteiger partial charge in [0.2, 0.25) is 11.6 Å². The average Bonchev–Trinajstić information content (AvgIpc) is 2.46. The maximum atomic E-state index is 14.2. The number of benzene rings is 2. The Hall–Kier alpha value is -2.17. The fourth-order valence-electron chi connectivity index (χ4n) is 2.36. The predicted molar refractivity (Wildman–Crippen MR) is 80.7 cm³/mol. The van der Waals surface area contributed by atoms with Crippen LogP contribution in [0.4, 0.5) is 39.5 Å². The molecule has 2 rings (SSSR count). The molecular formula is C16H11F9OSi. The summed E-state index contributed by atoms with van der Waals surface area (Å²) in [5, 5.41) is -0.530. The van der Waals surface area contributed by atoms with Crippen molar-refractivity contribution < 1.29 is 44.3 Å². The van der Waals surface area contributed by atoms with Gasteiger partial charge in [0.05, 0.1) is 8.07 Å². The summed E-state index contributed by atoms with van der Waals surface area (Å²) >= 11 is 0. The zero-order valence-corrected chi connectivity index (χ0v) is 15.0. The lowest BCUT2D eigenvalue weighted by atomic mass is 10.1. The number of halogens is 9. The summed E-state index contributed by atoms with van der Waals surface area (Å²) < 4.78 is 125. The Morgan fingerprint density at radius 2 is 1.15 bits per heavy atom. The Kier molecular flexibility index (Phi) is 5.30. The first kappa shape index (κ1) is 21.1. The minimum absolute atomic E-state index is 0.192. The summed E-state index contributed by atoms with van der Waals surface area (Å²) in [6, 6.07) is 0.141. The van der Waals surface area contributed by atoms with Crippen LogP contribution in [-0.2, 0) is 6.18 Å². The molecule has 0 spiro atoms. The van der Waals surface area contributed by atoms with Crippen molar-refractivity contribution in [1.29, 1.82) is 0 Å². The third kappa shape index (κ3) is 3.92. The van der Waals surface area contributed by atoms with Crippen LogP contribution < -0.4 is 9.92 Å². The first-order valence-electron chi connectivity index (χ1n) is 7.26. The largest absolute Gasteiger partial charge is 0.451 e. The van der Waals surface area contributed by atoms with E-state index in [0.29, 0.717) is 6.07 Å². The third-order valence-corrected chi connectivity index (χ3v) is 5.46. The summed E-state index contributed by atoms with van der Waals surface area (Å²) in [6.45, 7) is 4.53. The summed E-state index contributed by atoms with van der Waals surface area (Å²) in [5.74, 6) is -14.6. The summed E-state index contributed by atoms with van der Waals surface area (Å²) in [4.78, 5) is 0. The van der Waals surface area contributed by atoms with E-state index in [9.17, 15) is 39.5 Å². The Balaban J connectivity index is 2.59. The Bertz CT molecular complexity index is 827. The molecule has 2 aromatic carbocycles. The van der Waals surface area contributed by atoms with Gasteiger partial charge in [-0.1, -0.05) is 19.6 Å². The Morgan fingerprint density at radius 3 is 1.59 bits per heavy atom. The highest BCUT2D eigenvalue weighted by Crippen LogP contribution is 2.39. The van der Waals surface area contributed by atoms with Crippen molar-refractivity contribution in [2.45, 2.75) is 25.8 Å². The molecule has 0 amide bonds. The van der Waals surface area contributed by atoms with Gasteiger partial charge in [0, 0.05) is 17.3 Å². The maximum absolute atomic E-state index is 14.2. The van der Waals surface area contributed by atoms with Crippen molar-refractivity contribution in [1.82, 2.24) is 0 Å². The van der Waals surface area contributed by atoms with Gasteiger partial charge in [-0.25, -0.2) is 17.6 Å².